The first kappa shape index (κ1) is 31.8. The zero-order chi connectivity index (χ0) is 32.3. The van der Waals surface area contributed by atoms with E-state index < -0.39 is 17.7 Å². The molecule has 2 aliphatic heterocycles. The second kappa shape index (κ2) is 11.9. The average molecular weight is 647 g/mol. The maximum Gasteiger partial charge on any atom is 0.337 e. The number of aliphatic carboxylic acids is 1. The molecule has 2 aliphatic rings. The molecular weight excluding hydrogens is 604 g/mol. The molecule has 2 aromatic heterocycles. The summed E-state index contributed by atoms with van der Waals surface area (Å²) in [5.74, 6) is -0.995. The van der Waals surface area contributed by atoms with Crippen molar-refractivity contribution in [2.75, 3.05) is 29.4 Å². The van der Waals surface area contributed by atoms with Crippen molar-refractivity contribution in [3.8, 4) is 11.1 Å². The number of aryl methyl sites for hydroxylation is 2. The summed E-state index contributed by atoms with van der Waals surface area (Å²) in [6.07, 6.45) is 1.81. The van der Waals surface area contributed by atoms with Crippen molar-refractivity contribution in [3.63, 3.8) is 0 Å². The van der Waals surface area contributed by atoms with Gasteiger partial charge in [-0.3, -0.25) is 4.98 Å². The minimum atomic E-state index is -1.13. The van der Waals surface area contributed by atoms with Gasteiger partial charge in [0.05, 0.1) is 21.0 Å². The van der Waals surface area contributed by atoms with Gasteiger partial charge in [0.1, 0.15) is 5.52 Å². The largest absolute Gasteiger partial charge is 0.479 e. The van der Waals surface area contributed by atoms with Gasteiger partial charge in [-0.25, -0.2) is 9.78 Å². The number of hydrogen-bond acceptors (Lipinski definition) is 7. The van der Waals surface area contributed by atoms with E-state index in [-0.39, 0.29) is 5.41 Å². The number of nitrogens with zero attached hydrogens (tertiary/aromatic N) is 4. The van der Waals surface area contributed by atoms with Gasteiger partial charge in [0, 0.05) is 48.7 Å². The fourth-order valence-electron chi connectivity index (χ4n) is 6.67. The number of benzene rings is 2. The highest BCUT2D eigenvalue weighted by molar-refractivity contribution is 7.22. The number of piperidine rings is 1. The molecule has 0 aliphatic carbocycles. The van der Waals surface area contributed by atoms with Gasteiger partial charge in [0.15, 0.2) is 11.2 Å². The van der Waals surface area contributed by atoms with Crippen molar-refractivity contribution < 1.29 is 14.6 Å². The summed E-state index contributed by atoms with van der Waals surface area (Å²) < 4.78 is 7.36. The molecule has 7 nitrogen and oxygen atoms in total. The smallest absolute Gasteiger partial charge is 0.337 e. The summed E-state index contributed by atoms with van der Waals surface area (Å²) in [4.78, 5) is 27.4. The predicted octanol–water partition coefficient (Wildman–Crippen LogP) is 8.76. The van der Waals surface area contributed by atoms with Crippen molar-refractivity contribution in [1.29, 1.82) is 0 Å². The molecule has 1 saturated heterocycles. The van der Waals surface area contributed by atoms with E-state index in [1.54, 1.807) is 11.3 Å². The van der Waals surface area contributed by atoms with Crippen molar-refractivity contribution in [3.05, 3.63) is 69.5 Å². The second-order valence-corrected chi connectivity index (χ2v) is 15.7. The van der Waals surface area contributed by atoms with Crippen LogP contribution in [0.5, 0.6) is 0 Å². The van der Waals surface area contributed by atoms with Crippen LogP contribution in [0.3, 0.4) is 0 Å². The molecule has 1 fully saturated rings. The first-order valence-electron chi connectivity index (χ1n) is 15.8. The SMILES string of the molecule is Cc1nc(C)c([C@H](OC(C)(C)C)C(=O)O)c(N2CCC(C)(C)CC2)c1-c1ccc2c(c1)CCN(c1nc3c(Cl)cccc3s1)C2. The number of pyridine rings is 1. The molecule has 1 atom stereocenters. The number of para-hydroxylation sites is 1. The molecule has 0 radical (unpaired) electrons. The molecule has 6 rings (SSSR count). The lowest BCUT2D eigenvalue weighted by molar-refractivity contribution is -0.160. The highest BCUT2D eigenvalue weighted by Crippen LogP contribution is 2.45. The van der Waals surface area contributed by atoms with Gasteiger partial charge in [0.2, 0.25) is 0 Å². The van der Waals surface area contributed by atoms with Gasteiger partial charge in [-0.05, 0) is 88.1 Å². The zero-order valence-corrected chi connectivity index (χ0v) is 28.9. The molecule has 2 aromatic carbocycles. The minimum Gasteiger partial charge on any atom is -0.479 e. The van der Waals surface area contributed by atoms with E-state index >= 15 is 0 Å². The highest BCUT2D eigenvalue weighted by atomic mass is 35.5. The Labute approximate surface area is 275 Å². The summed E-state index contributed by atoms with van der Waals surface area (Å²) in [6.45, 7) is 17.6. The van der Waals surface area contributed by atoms with Gasteiger partial charge < -0.3 is 19.6 Å². The lowest BCUT2D eigenvalue weighted by atomic mass is 9.81. The van der Waals surface area contributed by atoms with E-state index in [0.717, 1.165) is 83.3 Å². The van der Waals surface area contributed by atoms with Crippen LogP contribution in [0.15, 0.2) is 36.4 Å². The number of hydrogen-bond donors (Lipinski definition) is 1. The standard InChI is InChI=1S/C36H43ClN4O3S/c1-21-28(24-11-12-25-20-41(16-13-23(25)19-24)34-39-30-26(37)9-8-10-27(30)45-34)31(40-17-14-36(6,7)15-18-40)29(22(2)38-21)32(33(42)43)44-35(3,4)5/h8-12,19,32H,13-18,20H2,1-7H3,(H,42,43)/t32-/m0/s1. The second-order valence-electron chi connectivity index (χ2n) is 14.3. The molecular formula is C36H43ClN4O3S. The van der Waals surface area contributed by atoms with E-state index in [1.807, 2.05) is 46.8 Å². The lowest BCUT2D eigenvalue weighted by Crippen LogP contribution is -2.39. The quantitative estimate of drug-likeness (QED) is 0.224. The number of halogens is 1. The molecule has 0 amide bonds. The normalized spacial score (nSPS) is 17.4. The molecule has 45 heavy (non-hydrogen) atoms. The van der Waals surface area contributed by atoms with Crippen molar-refractivity contribution in [2.24, 2.45) is 5.41 Å². The monoisotopic (exact) mass is 646 g/mol. The summed E-state index contributed by atoms with van der Waals surface area (Å²) >= 11 is 8.11. The molecule has 0 spiro atoms. The number of aromatic nitrogens is 2. The summed E-state index contributed by atoms with van der Waals surface area (Å²) in [6, 6.07) is 12.6. The Balaban J connectivity index is 1.42. The van der Waals surface area contributed by atoms with Crippen LogP contribution in [0.2, 0.25) is 5.02 Å². The van der Waals surface area contributed by atoms with Crippen LogP contribution in [0.4, 0.5) is 10.8 Å². The Morgan fingerprint density at radius 3 is 2.42 bits per heavy atom. The maximum atomic E-state index is 12.8. The number of anilines is 2. The maximum absolute atomic E-state index is 12.8. The number of rotatable bonds is 6. The third-order valence-electron chi connectivity index (χ3n) is 9.11. The number of carboxylic acids is 1. The van der Waals surface area contributed by atoms with Crippen LogP contribution in [-0.4, -0.2) is 46.3 Å². The van der Waals surface area contributed by atoms with E-state index in [0.29, 0.717) is 16.3 Å². The number of ether oxygens (including phenoxy) is 1. The Bertz CT molecular complexity index is 1770. The predicted molar refractivity (Wildman–Crippen MR) is 185 cm³/mol. The van der Waals surface area contributed by atoms with E-state index in [4.69, 9.17) is 26.3 Å². The van der Waals surface area contributed by atoms with Gasteiger partial charge in [-0.15, -0.1) is 0 Å². The number of thiazole rings is 1. The Hall–Kier alpha value is -3.20. The summed E-state index contributed by atoms with van der Waals surface area (Å²) in [5, 5.41) is 12.2. The van der Waals surface area contributed by atoms with Crippen LogP contribution in [0.25, 0.3) is 21.3 Å². The Kier molecular flexibility index (Phi) is 8.38. The molecule has 238 valence electrons. The van der Waals surface area contributed by atoms with Crippen molar-refractivity contribution in [2.45, 2.75) is 86.0 Å². The van der Waals surface area contributed by atoms with Crippen LogP contribution >= 0.6 is 22.9 Å². The number of carbonyl (C=O) groups is 1. The third-order valence-corrected chi connectivity index (χ3v) is 10.5. The molecule has 0 saturated carbocycles. The van der Waals surface area contributed by atoms with E-state index in [9.17, 15) is 9.90 Å². The molecule has 4 heterocycles. The Morgan fingerprint density at radius 2 is 1.76 bits per heavy atom. The molecule has 1 N–H and O–H groups in total. The van der Waals surface area contributed by atoms with Crippen LogP contribution < -0.4 is 9.80 Å². The average Bonchev–Trinajstić information content (AvgIpc) is 3.41. The number of carboxylic acid groups (broad SMARTS) is 1. The first-order chi connectivity index (χ1) is 21.2. The van der Waals surface area contributed by atoms with Crippen LogP contribution in [0, 0.1) is 19.3 Å². The number of fused-ring (bicyclic) bond motifs is 2. The minimum absolute atomic E-state index is 0.244. The fraction of sp³-hybridized carbons (Fsp3) is 0.472. The first-order valence-corrected chi connectivity index (χ1v) is 17.0. The van der Waals surface area contributed by atoms with Gasteiger partial charge in [-0.1, -0.05) is 61.1 Å². The lowest BCUT2D eigenvalue weighted by Gasteiger charge is -2.41. The fourth-order valence-corrected chi connectivity index (χ4v) is 7.96. The van der Waals surface area contributed by atoms with E-state index in [1.165, 1.54) is 11.1 Å². The highest BCUT2D eigenvalue weighted by Gasteiger charge is 2.36. The zero-order valence-electron chi connectivity index (χ0n) is 27.3. The van der Waals surface area contributed by atoms with Gasteiger partial charge in [-0.2, -0.15) is 0 Å². The van der Waals surface area contributed by atoms with Crippen LogP contribution in [-0.2, 0) is 22.5 Å². The Morgan fingerprint density at radius 1 is 1.02 bits per heavy atom. The van der Waals surface area contributed by atoms with Gasteiger partial charge >= 0.3 is 5.97 Å². The molecule has 0 unspecified atom stereocenters. The van der Waals surface area contributed by atoms with Gasteiger partial charge in [0.25, 0.3) is 0 Å². The van der Waals surface area contributed by atoms with Crippen molar-refractivity contribution in [1.82, 2.24) is 9.97 Å². The topological polar surface area (TPSA) is 78.8 Å². The molecule has 0 bridgehead atoms. The summed E-state index contributed by atoms with van der Waals surface area (Å²) in [5.41, 5.74) is 8.34. The summed E-state index contributed by atoms with van der Waals surface area (Å²) in [7, 11) is 0. The van der Waals surface area contributed by atoms with Crippen molar-refractivity contribution >= 4 is 49.9 Å². The molecule has 9 heteroatoms. The van der Waals surface area contributed by atoms with Crippen LogP contribution in [0.1, 0.15) is 81.6 Å². The van der Waals surface area contributed by atoms with E-state index in [2.05, 4.69) is 47.9 Å². The molecule has 4 aromatic rings. The third kappa shape index (κ3) is 6.42.